The van der Waals surface area contributed by atoms with Crippen molar-refractivity contribution < 1.29 is 4.92 Å². The van der Waals surface area contributed by atoms with Gasteiger partial charge in [0.05, 0.1) is 0 Å². The molecule has 0 amide bonds. The second kappa shape index (κ2) is 6.32. The predicted octanol–water partition coefficient (Wildman–Crippen LogP) is 2.87. The van der Waals surface area contributed by atoms with Crippen LogP contribution in [0.5, 0.6) is 0 Å². The minimum absolute atomic E-state index is 0.105. The monoisotopic (exact) mass is 296 g/mol. The molecule has 110 valence electrons. The van der Waals surface area contributed by atoms with E-state index >= 15 is 0 Å². The average molecular weight is 296 g/mol. The van der Waals surface area contributed by atoms with E-state index in [0.29, 0.717) is 23.0 Å². The molecule has 1 atom stereocenters. The van der Waals surface area contributed by atoms with Gasteiger partial charge in [0, 0.05) is 17.8 Å². The molecule has 2 heterocycles. The summed E-state index contributed by atoms with van der Waals surface area (Å²) < 4.78 is 1.57. The second-order valence-corrected chi connectivity index (χ2v) is 6.16. The van der Waals surface area contributed by atoms with E-state index in [1.807, 2.05) is 12.3 Å². The van der Waals surface area contributed by atoms with E-state index in [-0.39, 0.29) is 16.8 Å². The van der Waals surface area contributed by atoms with Crippen LogP contribution in [0, 0.1) is 16.0 Å². The number of thiazole rings is 1. The number of likely N-dealkylation sites (N-methyl/N-ethyl adjacent to an activating group) is 1. The Morgan fingerprint density at radius 3 is 2.90 bits per heavy atom. The van der Waals surface area contributed by atoms with Gasteiger partial charge in [-0.3, -0.25) is 0 Å². The Bertz CT molecular complexity index is 590. The van der Waals surface area contributed by atoms with Gasteiger partial charge in [0.25, 0.3) is 4.96 Å². The topological polar surface area (TPSA) is 72.5 Å². The molecule has 0 fully saturated rings. The van der Waals surface area contributed by atoms with Crippen LogP contribution in [0.15, 0.2) is 11.6 Å². The number of fused-ring (bicyclic) bond motifs is 1. The Morgan fingerprint density at radius 2 is 2.30 bits per heavy atom. The van der Waals surface area contributed by atoms with Crippen LogP contribution in [-0.4, -0.2) is 26.9 Å². The average Bonchev–Trinajstić information content (AvgIpc) is 2.87. The highest BCUT2D eigenvalue weighted by atomic mass is 32.1. The van der Waals surface area contributed by atoms with E-state index < -0.39 is 0 Å². The lowest BCUT2D eigenvalue weighted by Crippen LogP contribution is -2.32. The van der Waals surface area contributed by atoms with Crippen LogP contribution in [0.1, 0.15) is 32.9 Å². The minimum atomic E-state index is -0.333. The molecule has 0 aliphatic heterocycles. The Balaban J connectivity index is 2.28. The molecule has 0 aliphatic carbocycles. The Morgan fingerprint density at radius 1 is 1.55 bits per heavy atom. The molecule has 0 radical (unpaired) electrons. The summed E-state index contributed by atoms with van der Waals surface area (Å²) >= 11 is 1.42. The fourth-order valence-electron chi connectivity index (χ4n) is 2.48. The summed E-state index contributed by atoms with van der Waals surface area (Å²) in [7, 11) is 0. The highest BCUT2D eigenvalue weighted by Crippen LogP contribution is 2.25. The number of hydrogen-bond donors (Lipinski definition) is 1. The van der Waals surface area contributed by atoms with E-state index in [1.165, 1.54) is 11.3 Å². The second-order valence-electron chi connectivity index (χ2n) is 5.28. The van der Waals surface area contributed by atoms with Gasteiger partial charge in [-0.05, 0) is 23.8 Å². The van der Waals surface area contributed by atoms with Gasteiger partial charge >= 0.3 is 5.82 Å². The fourth-order valence-corrected chi connectivity index (χ4v) is 3.21. The zero-order valence-corrected chi connectivity index (χ0v) is 12.8. The SMILES string of the molecule is CCNC(Cc1nc2sccn2c1[N+](=O)[O-])CC(C)C. The maximum absolute atomic E-state index is 11.3. The smallest absolute Gasteiger partial charge is 0.351 e. The molecule has 1 N–H and O–H groups in total. The number of hydrogen-bond acceptors (Lipinski definition) is 5. The molecule has 2 aromatic heterocycles. The lowest BCUT2D eigenvalue weighted by atomic mass is 9.99. The quantitative estimate of drug-likeness (QED) is 0.630. The van der Waals surface area contributed by atoms with E-state index in [4.69, 9.17) is 0 Å². The number of imidazole rings is 1. The Hall–Kier alpha value is -1.47. The summed E-state index contributed by atoms with van der Waals surface area (Å²) in [4.78, 5) is 16.1. The normalized spacial score (nSPS) is 13.2. The van der Waals surface area contributed by atoms with Crippen LogP contribution >= 0.6 is 11.3 Å². The molecule has 0 aromatic carbocycles. The maximum Gasteiger partial charge on any atom is 0.351 e. The summed E-state index contributed by atoms with van der Waals surface area (Å²) in [5, 5.41) is 16.5. The molecular weight excluding hydrogens is 276 g/mol. The van der Waals surface area contributed by atoms with Gasteiger partial charge in [0.1, 0.15) is 11.9 Å². The zero-order chi connectivity index (χ0) is 14.7. The first-order valence-corrected chi connectivity index (χ1v) is 7.73. The van der Waals surface area contributed by atoms with Gasteiger partial charge in [-0.1, -0.05) is 32.1 Å². The Kier molecular flexibility index (Phi) is 4.72. The van der Waals surface area contributed by atoms with Crippen molar-refractivity contribution in [2.45, 2.75) is 39.7 Å². The molecule has 0 spiro atoms. The molecule has 6 nitrogen and oxygen atoms in total. The molecule has 0 saturated heterocycles. The van der Waals surface area contributed by atoms with E-state index in [9.17, 15) is 10.1 Å². The standard InChI is InChI=1S/C13H20N4O2S/c1-4-14-10(7-9(2)3)8-11-12(17(18)19)16-5-6-20-13(16)15-11/h5-6,9-10,14H,4,7-8H2,1-3H3. The fraction of sp³-hybridized carbons (Fsp3) is 0.615. The van der Waals surface area contributed by atoms with E-state index in [1.54, 1.807) is 10.6 Å². The number of rotatable bonds is 7. The van der Waals surface area contributed by atoms with Crippen LogP contribution in [-0.2, 0) is 6.42 Å². The van der Waals surface area contributed by atoms with Gasteiger partial charge in [-0.2, -0.15) is 9.38 Å². The van der Waals surface area contributed by atoms with Gasteiger partial charge in [0.15, 0.2) is 0 Å². The molecule has 7 heteroatoms. The third-order valence-corrected chi connectivity index (χ3v) is 3.92. The zero-order valence-electron chi connectivity index (χ0n) is 12.0. The number of aromatic nitrogens is 2. The van der Waals surface area contributed by atoms with Crippen molar-refractivity contribution in [2.75, 3.05) is 6.54 Å². The third-order valence-electron chi connectivity index (χ3n) is 3.17. The molecular formula is C13H20N4O2S. The van der Waals surface area contributed by atoms with Crippen molar-refractivity contribution >= 4 is 22.1 Å². The molecule has 0 bridgehead atoms. The summed E-state index contributed by atoms with van der Waals surface area (Å²) in [6.07, 6.45) is 3.28. The van der Waals surface area contributed by atoms with Crippen molar-refractivity contribution in [3.8, 4) is 0 Å². The number of nitrogens with one attached hydrogen (secondary N) is 1. The molecule has 20 heavy (non-hydrogen) atoms. The third kappa shape index (κ3) is 3.16. The highest BCUT2D eigenvalue weighted by Gasteiger charge is 2.25. The van der Waals surface area contributed by atoms with Crippen LogP contribution in [0.4, 0.5) is 5.82 Å². The first-order valence-electron chi connectivity index (χ1n) is 6.85. The van der Waals surface area contributed by atoms with Gasteiger partial charge < -0.3 is 15.4 Å². The van der Waals surface area contributed by atoms with Crippen molar-refractivity contribution in [3.63, 3.8) is 0 Å². The predicted molar refractivity (Wildman–Crippen MR) is 80.3 cm³/mol. The summed E-state index contributed by atoms with van der Waals surface area (Å²) in [6.45, 7) is 7.22. The summed E-state index contributed by atoms with van der Waals surface area (Å²) in [5.74, 6) is 0.648. The van der Waals surface area contributed by atoms with E-state index in [0.717, 1.165) is 13.0 Å². The van der Waals surface area contributed by atoms with Gasteiger partial charge in [-0.15, -0.1) is 0 Å². The largest absolute Gasteiger partial charge is 0.358 e. The van der Waals surface area contributed by atoms with Crippen molar-refractivity contribution in [1.82, 2.24) is 14.7 Å². The molecule has 2 aromatic rings. The van der Waals surface area contributed by atoms with Crippen molar-refractivity contribution in [1.29, 1.82) is 0 Å². The van der Waals surface area contributed by atoms with E-state index in [2.05, 4.69) is 24.1 Å². The van der Waals surface area contributed by atoms with Gasteiger partial charge in [0.2, 0.25) is 0 Å². The maximum atomic E-state index is 11.3. The molecule has 0 aliphatic rings. The molecule has 1 unspecified atom stereocenters. The molecule has 2 rings (SSSR count). The lowest BCUT2D eigenvalue weighted by Gasteiger charge is -2.18. The lowest BCUT2D eigenvalue weighted by molar-refractivity contribution is -0.391. The first-order chi connectivity index (χ1) is 9.52. The van der Waals surface area contributed by atoms with Crippen LogP contribution < -0.4 is 5.32 Å². The van der Waals surface area contributed by atoms with Crippen molar-refractivity contribution in [2.24, 2.45) is 5.92 Å². The van der Waals surface area contributed by atoms with Crippen molar-refractivity contribution in [3.05, 3.63) is 27.4 Å². The van der Waals surface area contributed by atoms with Gasteiger partial charge in [-0.25, -0.2) is 0 Å². The summed E-state index contributed by atoms with van der Waals surface area (Å²) in [6, 6.07) is 0.225. The van der Waals surface area contributed by atoms with Crippen LogP contribution in [0.3, 0.4) is 0 Å². The highest BCUT2D eigenvalue weighted by molar-refractivity contribution is 7.15. The number of nitro groups is 1. The van der Waals surface area contributed by atoms with Crippen LogP contribution in [0.2, 0.25) is 0 Å². The summed E-state index contributed by atoms with van der Waals surface area (Å²) in [5.41, 5.74) is 0.577. The first kappa shape index (κ1) is 14.9. The minimum Gasteiger partial charge on any atom is -0.358 e. The van der Waals surface area contributed by atoms with Crippen LogP contribution in [0.25, 0.3) is 4.96 Å². The molecule has 0 saturated carbocycles. The number of nitrogens with zero attached hydrogens (tertiary/aromatic N) is 3. The Labute approximate surface area is 122 Å².